The molecule has 0 unspecified atom stereocenters. The molecule has 1 rings (SSSR count). The molecule has 0 saturated heterocycles. The zero-order chi connectivity index (χ0) is 10.4. The largest absolute Gasteiger partial charge is 0.481 e. The Kier molecular flexibility index (Phi) is 2.01. The topological polar surface area (TPSA) is 74.6 Å². The van der Waals surface area contributed by atoms with Gasteiger partial charge < -0.3 is 10.2 Å². The Balaban J connectivity index is 2.76. The number of aliphatic carboxylic acids is 2. The second kappa shape index (κ2) is 2.65. The summed E-state index contributed by atoms with van der Waals surface area (Å²) >= 11 is 0. The molecule has 0 aliphatic heterocycles. The van der Waals surface area contributed by atoms with Crippen LogP contribution in [0.5, 0.6) is 0 Å². The van der Waals surface area contributed by atoms with E-state index in [0.717, 1.165) is 6.92 Å². The minimum atomic E-state index is -3.37. The van der Waals surface area contributed by atoms with Gasteiger partial charge in [0.05, 0.1) is 11.8 Å². The third-order valence-electron chi connectivity index (χ3n) is 2.30. The maximum Gasteiger partial charge on any atom is 0.313 e. The minimum absolute atomic E-state index is 1.09. The third kappa shape index (κ3) is 1.36. The first-order valence-corrected chi connectivity index (χ1v) is 3.63. The van der Waals surface area contributed by atoms with Crippen molar-refractivity contribution in [2.45, 2.75) is 12.8 Å². The molecule has 74 valence electrons. The van der Waals surface area contributed by atoms with Crippen LogP contribution in [0.3, 0.4) is 0 Å². The molecule has 0 aromatic carbocycles. The van der Waals surface area contributed by atoms with E-state index in [1.54, 1.807) is 0 Å². The van der Waals surface area contributed by atoms with Crippen LogP contribution in [0.2, 0.25) is 0 Å². The molecule has 0 radical (unpaired) electrons. The molecule has 1 fully saturated rings. The van der Waals surface area contributed by atoms with Gasteiger partial charge in [-0.15, -0.1) is 0 Å². The SMILES string of the molecule is C[C@H](C(=O)O)[C@H]1[C@H](C(=O)O)C1(F)F. The third-order valence-corrected chi connectivity index (χ3v) is 2.30. The number of alkyl halides is 2. The Morgan fingerprint density at radius 3 is 2.08 bits per heavy atom. The van der Waals surface area contributed by atoms with Gasteiger partial charge in [0.15, 0.2) is 0 Å². The Hall–Kier alpha value is -1.20. The van der Waals surface area contributed by atoms with E-state index in [1.165, 1.54) is 0 Å². The van der Waals surface area contributed by atoms with Crippen molar-refractivity contribution in [3.05, 3.63) is 0 Å². The van der Waals surface area contributed by atoms with Crippen LogP contribution in [0.4, 0.5) is 8.78 Å². The van der Waals surface area contributed by atoms with Gasteiger partial charge in [0.1, 0.15) is 5.92 Å². The van der Waals surface area contributed by atoms with Crippen LogP contribution in [0.25, 0.3) is 0 Å². The zero-order valence-electron chi connectivity index (χ0n) is 6.70. The standard InChI is InChI=1S/C7H8F2O4/c1-2(5(10)11)3-4(6(12)13)7(3,8)9/h2-4H,1H3,(H,10,11)(H,12,13)/t2-,3-,4+/m0/s1. The molecule has 0 aromatic rings. The summed E-state index contributed by atoms with van der Waals surface area (Å²) in [5.41, 5.74) is 0. The van der Waals surface area contributed by atoms with E-state index >= 15 is 0 Å². The second-order valence-electron chi connectivity index (χ2n) is 3.14. The van der Waals surface area contributed by atoms with Crippen LogP contribution in [0.1, 0.15) is 6.92 Å². The number of rotatable bonds is 3. The summed E-state index contributed by atoms with van der Waals surface area (Å²) in [7, 11) is 0. The first kappa shape index (κ1) is 9.88. The fourth-order valence-electron chi connectivity index (χ4n) is 1.44. The van der Waals surface area contributed by atoms with E-state index in [-0.39, 0.29) is 0 Å². The Labute approximate surface area is 72.2 Å². The van der Waals surface area contributed by atoms with Crippen molar-refractivity contribution in [2.75, 3.05) is 0 Å². The Morgan fingerprint density at radius 2 is 1.85 bits per heavy atom. The van der Waals surface area contributed by atoms with Crippen molar-refractivity contribution in [3.63, 3.8) is 0 Å². The highest BCUT2D eigenvalue weighted by molar-refractivity contribution is 5.79. The predicted molar refractivity (Wildman–Crippen MR) is 36.4 cm³/mol. The van der Waals surface area contributed by atoms with Gasteiger partial charge in [-0.1, -0.05) is 6.92 Å². The summed E-state index contributed by atoms with van der Waals surface area (Å²) in [6.45, 7) is 1.09. The van der Waals surface area contributed by atoms with E-state index in [4.69, 9.17) is 10.2 Å². The lowest BCUT2D eigenvalue weighted by Gasteiger charge is -2.01. The van der Waals surface area contributed by atoms with E-state index < -0.39 is 35.6 Å². The van der Waals surface area contributed by atoms with Crippen LogP contribution in [0.15, 0.2) is 0 Å². The first-order chi connectivity index (χ1) is 5.80. The molecule has 0 spiro atoms. The molecule has 0 aromatic heterocycles. The number of hydrogen-bond acceptors (Lipinski definition) is 2. The average molecular weight is 194 g/mol. The average Bonchev–Trinajstić information content (AvgIpc) is 2.51. The van der Waals surface area contributed by atoms with Gasteiger partial charge in [0, 0.05) is 0 Å². The van der Waals surface area contributed by atoms with E-state index in [9.17, 15) is 18.4 Å². The number of carboxylic acids is 2. The Bertz CT molecular complexity index is 263. The molecule has 0 bridgehead atoms. The maximum atomic E-state index is 12.7. The summed E-state index contributed by atoms with van der Waals surface area (Å²) in [6.07, 6.45) is 0. The van der Waals surface area contributed by atoms with Gasteiger partial charge in [-0.05, 0) is 0 Å². The van der Waals surface area contributed by atoms with Crippen LogP contribution >= 0.6 is 0 Å². The van der Waals surface area contributed by atoms with Crippen molar-refractivity contribution in [3.8, 4) is 0 Å². The monoisotopic (exact) mass is 194 g/mol. The molecule has 1 aliphatic rings. The van der Waals surface area contributed by atoms with Gasteiger partial charge in [-0.2, -0.15) is 0 Å². The summed E-state index contributed by atoms with van der Waals surface area (Å²) in [4.78, 5) is 20.6. The molecule has 3 atom stereocenters. The number of carboxylic acid groups (broad SMARTS) is 2. The second-order valence-corrected chi connectivity index (χ2v) is 3.14. The summed E-state index contributed by atoms with van der Waals surface area (Å²) in [5.74, 6) is -11.1. The molecule has 1 aliphatic carbocycles. The van der Waals surface area contributed by atoms with Crippen molar-refractivity contribution in [1.29, 1.82) is 0 Å². The number of carbonyl (C=O) groups is 2. The van der Waals surface area contributed by atoms with Gasteiger partial charge in [-0.3, -0.25) is 9.59 Å². The minimum Gasteiger partial charge on any atom is -0.481 e. The quantitative estimate of drug-likeness (QED) is 0.692. The number of hydrogen-bond donors (Lipinski definition) is 2. The highest BCUT2D eigenvalue weighted by atomic mass is 19.3. The van der Waals surface area contributed by atoms with Crippen LogP contribution in [0, 0.1) is 17.8 Å². The molecular weight excluding hydrogens is 186 g/mol. The summed E-state index contributed by atoms with van der Waals surface area (Å²) < 4.78 is 25.4. The predicted octanol–water partition coefficient (Wildman–Crippen LogP) is 0.673. The lowest BCUT2D eigenvalue weighted by molar-refractivity contribution is -0.142. The molecule has 13 heavy (non-hydrogen) atoms. The molecule has 1 saturated carbocycles. The first-order valence-electron chi connectivity index (χ1n) is 3.63. The lowest BCUT2D eigenvalue weighted by Crippen LogP contribution is -2.15. The van der Waals surface area contributed by atoms with Crippen LogP contribution in [-0.2, 0) is 9.59 Å². The fourth-order valence-corrected chi connectivity index (χ4v) is 1.44. The van der Waals surface area contributed by atoms with E-state index in [1.807, 2.05) is 0 Å². The molecule has 0 amide bonds. The summed E-state index contributed by atoms with van der Waals surface area (Å²) in [5, 5.41) is 16.7. The van der Waals surface area contributed by atoms with Crippen molar-refractivity contribution < 1.29 is 28.6 Å². The smallest absolute Gasteiger partial charge is 0.313 e. The summed E-state index contributed by atoms with van der Waals surface area (Å²) in [6, 6.07) is 0. The molecule has 2 N–H and O–H groups in total. The van der Waals surface area contributed by atoms with Gasteiger partial charge in [0.25, 0.3) is 5.92 Å². The van der Waals surface area contributed by atoms with Gasteiger partial charge in [0.2, 0.25) is 0 Å². The normalized spacial score (nSPS) is 32.2. The fraction of sp³-hybridized carbons (Fsp3) is 0.714. The lowest BCUT2D eigenvalue weighted by atomic mass is 10.1. The highest BCUT2D eigenvalue weighted by Crippen LogP contribution is 2.58. The van der Waals surface area contributed by atoms with Gasteiger partial charge >= 0.3 is 11.9 Å². The van der Waals surface area contributed by atoms with Crippen molar-refractivity contribution in [1.82, 2.24) is 0 Å². The van der Waals surface area contributed by atoms with E-state index in [0.29, 0.717) is 0 Å². The molecule has 6 heteroatoms. The number of halogens is 2. The zero-order valence-corrected chi connectivity index (χ0v) is 6.70. The molecule has 0 heterocycles. The van der Waals surface area contributed by atoms with Gasteiger partial charge in [-0.25, -0.2) is 8.78 Å². The van der Waals surface area contributed by atoms with Crippen molar-refractivity contribution in [2.24, 2.45) is 17.8 Å². The van der Waals surface area contributed by atoms with Crippen LogP contribution in [-0.4, -0.2) is 28.1 Å². The van der Waals surface area contributed by atoms with Crippen LogP contribution < -0.4 is 0 Å². The highest BCUT2D eigenvalue weighted by Gasteiger charge is 2.74. The van der Waals surface area contributed by atoms with E-state index in [2.05, 4.69) is 0 Å². The van der Waals surface area contributed by atoms with Crippen molar-refractivity contribution >= 4 is 11.9 Å². The Morgan fingerprint density at radius 1 is 1.38 bits per heavy atom. The molecule has 4 nitrogen and oxygen atoms in total. The molecular formula is C7H8F2O4. The maximum absolute atomic E-state index is 12.7.